The predicted molar refractivity (Wildman–Crippen MR) is 78.5 cm³/mol. The van der Waals surface area contributed by atoms with E-state index in [1.54, 1.807) is 0 Å². The molecule has 0 spiro atoms. The van der Waals surface area contributed by atoms with Crippen LogP contribution in [0.5, 0.6) is 0 Å². The van der Waals surface area contributed by atoms with Crippen LogP contribution in [0.4, 0.5) is 11.4 Å². The van der Waals surface area contributed by atoms with E-state index in [4.69, 9.17) is 10.9 Å². The molecule has 0 amide bonds. The maximum Gasteiger partial charge on any atom is 0.271 e. The fourth-order valence-electron chi connectivity index (χ4n) is 2.52. The average molecular weight is 314 g/mol. The molecule has 0 atom stereocenters. The van der Waals surface area contributed by atoms with Gasteiger partial charge < -0.3 is 10.6 Å². The van der Waals surface area contributed by atoms with Crippen molar-refractivity contribution in [3.63, 3.8) is 0 Å². The molecule has 0 unspecified atom stereocenters. The first kappa shape index (κ1) is 15.7. The van der Waals surface area contributed by atoms with Crippen LogP contribution in [0, 0.1) is 16.0 Å². The van der Waals surface area contributed by atoms with E-state index in [0.717, 1.165) is 18.9 Å². The van der Waals surface area contributed by atoms with Crippen LogP contribution in [-0.2, 0) is 10.0 Å². The lowest BCUT2D eigenvalue weighted by Crippen LogP contribution is -2.37. The lowest BCUT2D eigenvalue weighted by molar-refractivity contribution is -0.384. The molecule has 21 heavy (non-hydrogen) atoms. The Labute approximate surface area is 122 Å². The van der Waals surface area contributed by atoms with Crippen molar-refractivity contribution in [3.05, 3.63) is 28.3 Å². The first-order valence-corrected chi connectivity index (χ1v) is 8.14. The van der Waals surface area contributed by atoms with Crippen LogP contribution in [0.2, 0.25) is 0 Å². The van der Waals surface area contributed by atoms with Crippen molar-refractivity contribution in [2.24, 2.45) is 16.8 Å². The van der Waals surface area contributed by atoms with Gasteiger partial charge in [0.05, 0.1) is 10.6 Å². The lowest BCUT2D eigenvalue weighted by Gasteiger charge is -2.33. The summed E-state index contributed by atoms with van der Waals surface area (Å²) < 4.78 is 23.3. The minimum Gasteiger partial charge on any atom is -0.370 e. The highest BCUT2D eigenvalue weighted by Crippen LogP contribution is 2.31. The maximum absolute atomic E-state index is 11.7. The fraction of sp³-hybridized carbons (Fsp3) is 0.500. The van der Waals surface area contributed by atoms with Crippen LogP contribution in [0.15, 0.2) is 23.1 Å². The molecule has 8 nitrogen and oxygen atoms in total. The zero-order valence-electron chi connectivity index (χ0n) is 11.4. The normalized spacial score (nSPS) is 17.0. The number of primary sulfonamides is 1. The molecule has 0 bridgehead atoms. The van der Waals surface area contributed by atoms with Gasteiger partial charge in [-0.15, -0.1) is 0 Å². The molecule has 116 valence electrons. The Bertz CT molecular complexity index is 639. The highest BCUT2D eigenvalue weighted by Gasteiger charge is 2.25. The number of benzene rings is 1. The molecule has 1 heterocycles. The SMILES string of the molecule is NCC1CCN(c2cc([N+](=O)[O-])ccc2S(N)(=O)=O)CC1. The smallest absolute Gasteiger partial charge is 0.271 e. The largest absolute Gasteiger partial charge is 0.370 e. The molecule has 2 rings (SSSR count). The third kappa shape index (κ3) is 3.49. The van der Waals surface area contributed by atoms with Gasteiger partial charge in [0.2, 0.25) is 10.0 Å². The second kappa shape index (κ2) is 5.96. The van der Waals surface area contributed by atoms with Crippen LogP contribution in [0.3, 0.4) is 0 Å². The van der Waals surface area contributed by atoms with E-state index >= 15 is 0 Å². The van der Waals surface area contributed by atoms with Crippen molar-refractivity contribution in [2.75, 3.05) is 24.5 Å². The Balaban J connectivity index is 2.40. The fourth-order valence-corrected chi connectivity index (χ4v) is 3.25. The summed E-state index contributed by atoms with van der Waals surface area (Å²) in [5, 5.41) is 16.1. The Morgan fingerprint density at radius 1 is 1.33 bits per heavy atom. The first-order chi connectivity index (χ1) is 9.82. The number of rotatable bonds is 4. The summed E-state index contributed by atoms with van der Waals surface area (Å²) in [6.07, 6.45) is 1.65. The zero-order valence-corrected chi connectivity index (χ0v) is 12.3. The van der Waals surface area contributed by atoms with Gasteiger partial charge in [-0.2, -0.15) is 0 Å². The summed E-state index contributed by atoms with van der Waals surface area (Å²) in [6, 6.07) is 3.61. The minimum absolute atomic E-state index is 0.0840. The quantitative estimate of drug-likeness (QED) is 0.611. The van der Waals surface area contributed by atoms with Crippen molar-refractivity contribution in [1.82, 2.24) is 0 Å². The van der Waals surface area contributed by atoms with Crippen LogP contribution in [0.1, 0.15) is 12.8 Å². The van der Waals surface area contributed by atoms with E-state index in [1.807, 2.05) is 4.90 Å². The minimum atomic E-state index is -3.93. The summed E-state index contributed by atoms with van der Waals surface area (Å²) in [6.45, 7) is 1.79. The number of nitrogens with two attached hydrogens (primary N) is 2. The van der Waals surface area contributed by atoms with Crippen molar-refractivity contribution in [1.29, 1.82) is 0 Å². The lowest BCUT2D eigenvalue weighted by atomic mass is 9.97. The molecule has 1 aliphatic rings. The monoisotopic (exact) mass is 314 g/mol. The van der Waals surface area contributed by atoms with Gasteiger partial charge in [-0.05, 0) is 31.4 Å². The summed E-state index contributed by atoms with van der Waals surface area (Å²) in [5.41, 5.74) is 5.77. The van der Waals surface area contributed by atoms with E-state index in [1.165, 1.54) is 12.1 Å². The van der Waals surface area contributed by atoms with Gasteiger partial charge in [0, 0.05) is 25.2 Å². The molecule has 1 fully saturated rings. The molecule has 1 saturated heterocycles. The molecular weight excluding hydrogens is 296 g/mol. The number of piperidine rings is 1. The van der Waals surface area contributed by atoms with E-state index in [0.29, 0.717) is 31.2 Å². The molecular formula is C12H18N4O4S. The van der Waals surface area contributed by atoms with Gasteiger partial charge in [-0.1, -0.05) is 0 Å². The van der Waals surface area contributed by atoms with Crippen LogP contribution in [0.25, 0.3) is 0 Å². The topological polar surface area (TPSA) is 133 Å². The van der Waals surface area contributed by atoms with E-state index in [2.05, 4.69) is 0 Å². The molecule has 9 heteroatoms. The Morgan fingerprint density at radius 2 is 1.95 bits per heavy atom. The van der Waals surface area contributed by atoms with E-state index < -0.39 is 14.9 Å². The number of nitro groups is 1. The van der Waals surface area contributed by atoms with Crippen LogP contribution in [-0.4, -0.2) is 33.0 Å². The summed E-state index contributed by atoms with van der Waals surface area (Å²) in [5.74, 6) is 0.401. The van der Waals surface area contributed by atoms with Gasteiger partial charge in [0.1, 0.15) is 4.90 Å². The Morgan fingerprint density at radius 3 is 2.43 bits per heavy atom. The number of sulfonamides is 1. The number of nitrogens with zero attached hydrogens (tertiary/aromatic N) is 2. The maximum atomic E-state index is 11.7. The molecule has 1 aromatic carbocycles. The highest BCUT2D eigenvalue weighted by molar-refractivity contribution is 7.89. The summed E-state index contributed by atoms with van der Waals surface area (Å²) in [4.78, 5) is 12.1. The predicted octanol–water partition coefficient (Wildman–Crippen LogP) is 0.417. The molecule has 0 aromatic heterocycles. The van der Waals surface area contributed by atoms with Gasteiger partial charge in [-0.25, -0.2) is 13.6 Å². The molecule has 1 aromatic rings. The number of non-ortho nitro benzene ring substituents is 1. The number of anilines is 1. The van der Waals surface area contributed by atoms with Crippen molar-refractivity contribution < 1.29 is 13.3 Å². The third-order valence-electron chi connectivity index (χ3n) is 3.75. The van der Waals surface area contributed by atoms with Gasteiger partial charge in [-0.3, -0.25) is 10.1 Å². The van der Waals surface area contributed by atoms with E-state index in [-0.39, 0.29) is 10.6 Å². The van der Waals surface area contributed by atoms with Crippen molar-refractivity contribution in [3.8, 4) is 0 Å². The van der Waals surface area contributed by atoms with Gasteiger partial charge in [0.25, 0.3) is 5.69 Å². The summed E-state index contributed by atoms with van der Waals surface area (Å²) >= 11 is 0. The summed E-state index contributed by atoms with van der Waals surface area (Å²) in [7, 11) is -3.93. The van der Waals surface area contributed by atoms with Crippen LogP contribution < -0.4 is 15.8 Å². The Kier molecular flexibility index (Phi) is 4.45. The second-order valence-electron chi connectivity index (χ2n) is 5.12. The number of hydrogen-bond acceptors (Lipinski definition) is 6. The average Bonchev–Trinajstić information content (AvgIpc) is 2.45. The third-order valence-corrected chi connectivity index (χ3v) is 4.71. The standard InChI is InChI=1S/C12H18N4O4S/c13-8-9-3-5-15(6-4-9)11-7-10(16(17)18)1-2-12(11)21(14,19)20/h1-2,7,9H,3-6,8,13H2,(H2,14,19,20). The molecule has 4 N–H and O–H groups in total. The highest BCUT2D eigenvalue weighted by atomic mass is 32.2. The van der Waals surface area contributed by atoms with Gasteiger partial charge >= 0.3 is 0 Å². The molecule has 0 saturated carbocycles. The van der Waals surface area contributed by atoms with E-state index in [9.17, 15) is 18.5 Å². The van der Waals surface area contributed by atoms with Gasteiger partial charge in [0.15, 0.2) is 0 Å². The molecule has 0 radical (unpaired) electrons. The molecule has 0 aliphatic carbocycles. The Hall–Kier alpha value is -1.71. The van der Waals surface area contributed by atoms with Crippen LogP contribution >= 0.6 is 0 Å². The molecule has 1 aliphatic heterocycles. The first-order valence-electron chi connectivity index (χ1n) is 6.59. The van der Waals surface area contributed by atoms with Crippen molar-refractivity contribution >= 4 is 21.4 Å². The second-order valence-corrected chi connectivity index (χ2v) is 6.65. The zero-order chi connectivity index (χ0) is 15.6. The number of hydrogen-bond donors (Lipinski definition) is 2. The number of nitro benzene ring substituents is 1. The van der Waals surface area contributed by atoms with Crippen molar-refractivity contribution in [2.45, 2.75) is 17.7 Å².